The lowest BCUT2D eigenvalue weighted by Gasteiger charge is -2.05. The van der Waals surface area contributed by atoms with Gasteiger partial charge in [0.2, 0.25) is 0 Å². The standard InChI is InChI=1S/C19H11Cl4N3O5/c20-10-1-3-18(16(5-10)26(28)29)30-9-19(27)25-24-8-11-2-4-17(31-11)12-6-14(22)15(23)7-13(12)21/h1-8H,9H2,(H,25,27)/b24-8-. The molecule has 3 rings (SSSR count). The van der Waals surface area contributed by atoms with Crippen molar-refractivity contribution in [3.8, 4) is 17.1 Å². The van der Waals surface area contributed by atoms with E-state index in [9.17, 15) is 14.9 Å². The number of nitro groups is 1. The molecule has 160 valence electrons. The first kappa shape index (κ1) is 22.9. The van der Waals surface area contributed by atoms with Gasteiger partial charge in [-0.2, -0.15) is 5.10 Å². The number of nitrogens with one attached hydrogen (secondary N) is 1. The molecule has 12 heteroatoms. The van der Waals surface area contributed by atoms with Gasteiger partial charge in [0, 0.05) is 16.7 Å². The van der Waals surface area contributed by atoms with Gasteiger partial charge in [-0.3, -0.25) is 14.9 Å². The minimum Gasteiger partial charge on any atom is -0.477 e. The molecule has 0 bridgehead atoms. The third-order valence-corrected chi connectivity index (χ3v) is 5.03. The summed E-state index contributed by atoms with van der Waals surface area (Å²) in [7, 11) is 0. The van der Waals surface area contributed by atoms with E-state index >= 15 is 0 Å². The van der Waals surface area contributed by atoms with Crippen molar-refractivity contribution in [1.29, 1.82) is 0 Å². The number of carbonyl (C=O) groups excluding carboxylic acids is 1. The molecule has 0 atom stereocenters. The Kier molecular flexibility index (Phi) is 7.40. The van der Waals surface area contributed by atoms with E-state index < -0.39 is 17.4 Å². The van der Waals surface area contributed by atoms with Crippen LogP contribution in [0, 0.1) is 10.1 Å². The number of hydrogen-bond donors (Lipinski definition) is 1. The largest absolute Gasteiger partial charge is 0.477 e. The van der Waals surface area contributed by atoms with E-state index in [1.165, 1.54) is 24.4 Å². The molecule has 0 aliphatic carbocycles. The predicted octanol–water partition coefficient (Wildman–Crippen LogP) is 6.00. The monoisotopic (exact) mass is 501 g/mol. The molecule has 3 aromatic rings. The van der Waals surface area contributed by atoms with Crippen LogP contribution in [0.25, 0.3) is 11.3 Å². The highest BCUT2D eigenvalue weighted by Gasteiger charge is 2.17. The highest BCUT2D eigenvalue weighted by atomic mass is 35.5. The third kappa shape index (κ3) is 5.89. The molecule has 1 aromatic heterocycles. The number of nitrogens with zero attached hydrogens (tertiary/aromatic N) is 2. The molecule has 1 heterocycles. The van der Waals surface area contributed by atoms with Gasteiger partial charge in [-0.15, -0.1) is 0 Å². The molecular formula is C19H11Cl4N3O5. The van der Waals surface area contributed by atoms with Gasteiger partial charge in [0.05, 0.1) is 26.2 Å². The fourth-order valence-electron chi connectivity index (χ4n) is 2.38. The molecule has 0 aliphatic heterocycles. The first-order valence-corrected chi connectivity index (χ1v) is 9.89. The fraction of sp³-hybridized carbons (Fsp3) is 0.0526. The quantitative estimate of drug-likeness (QED) is 0.184. The van der Waals surface area contributed by atoms with Gasteiger partial charge in [-0.1, -0.05) is 46.4 Å². The van der Waals surface area contributed by atoms with E-state index in [0.717, 1.165) is 6.07 Å². The maximum atomic E-state index is 11.9. The zero-order valence-corrected chi connectivity index (χ0v) is 18.3. The number of nitro benzene ring substituents is 1. The number of carbonyl (C=O) groups is 1. The number of furan rings is 1. The van der Waals surface area contributed by atoms with Gasteiger partial charge >= 0.3 is 5.69 Å². The van der Waals surface area contributed by atoms with E-state index in [1.54, 1.807) is 18.2 Å². The zero-order valence-electron chi connectivity index (χ0n) is 15.3. The summed E-state index contributed by atoms with van der Waals surface area (Å²) in [6.07, 6.45) is 1.26. The van der Waals surface area contributed by atoms with E-state index in [2.05, 4.69) is 10.5 Å². The van der Waals surface area contributed by atoms with Gasteiger partial charge in [0.25, 0.3) is 5.91 Å². The number of hydrogen-bond acceptors (Lipinski definition) is 6. The van der Waals surface area contributed by atoms with Gasteiger partial charge in [-0.25, -0.2) is 5.43 Å². The molecule has 0 fully saturated rings. The highest BCUT2D eigenvalue weighted by Crippen LogP contribution is 2.35. The molecule has 1 amide bonds. The first-order chi connectivity index (χ1) is 14.7. The SMILES string of the molecule is O=C(COc1ccc(Cl)cc1[N+](=O)[O-])N/N=C\c1ccc(-c2cc(Cl)c(Cl)cc2Cl)o1. The summed E-state index contributed by atoms with van der Waals surface area (Å²) < 4.78 is 10.8. The van der Waals surface area contributed by atoms with Crippen LogP contribution in [0.5, 0.6) is 5.75 Å². The number of halogens is 4. The first-order valence-electron chi connectivity index (χ1n) is 8.38. The molecule has 1 N–H and O–H groups in total. The maximum Gasteiger partial charge on any atom is 0.312 e. The van der Waals surface area contributed by atoms with Gasteiger partial charge in [0.1, 0.15) is 11.5 Å². The summed E-state index contributed by atoms with van der Waals surface area (Å²) in [5.41, 5.74) is 2.41. The molecule has 31 heavy (non-hydrogen) atoms. The summed E-state index contributed by atoms with van der Waals surface area (Å²) in [6.45, 7) is -0.498. The number of ether oxygens (including phenoxy) is 1. The second-order valence-electron chi connectivity index (χ2n) is 5.90. The van der Waals surface area contributed by atoms with Crippen molar-refractivity contribution in [2.24, 2.45) is 5.10 Å². The number of amides is 1. The van der Waals surface area contributed by atoms with E-state index in [0.29, 0.717) is 32.2 Å². The van der Waals surface area contributed by atoms with Crippen LogP contribution in [0.3, 0.4) is 0 Å². The minimum absolute atomic E-state index is 0.0947. The molecule has 0 saturated heterocycles. The Balaban J connectivity index is 1.59. The Morgan fingerprint density at radius 1 is 1.10 bits per heavy atom. The van der Waals surface area contributed by atoms with Crippen LogP contribution < -0.4 is 10.2 Å². The Morgan fingerprint density at radius 2 is 1.84 bits per heavy atom. The van der Waals surface area contributed by atoms with Crippen molar-refractivity contribution >= 4 is 64.2 Å². The topological polar surface area (TPSA) is 107 Å². The van der Waals surface area contributed by atoms with E-state index in [1.807, 2.05) is 0 Å². The van der Waals surface area contributed by atoms with Crippen molar-refractivity contribution in [2.75, 3.05) is 6.61 Å². The molecule has 0 saturated carbocycles. The maximum absolute atomic E-state index is 11.9. The Hall–Kier alpha value is -2.78. The Morgan fingerprint density at radius 3 is 2.58 bits per heavy atom. The van der Waals surface area contributed by atoms with Crippen molar-refractivity contribution in [1.82, 2.24) is 5.43 Å². The van der Waals surface area contributed by atoms with Gasteiger partial charge < -0.3 is 9.15 Å². The van der Waals surface area contributed by atoms with Crippen molar-refractivity contribution < 1.29 is 18.9 Å². The van der Waals surface area contributed by atoms with E-state index in [-0.39, 0.29) is 16.5 Å². The van der Waals surface area contributed by atoms with Crippen LogP contribution in [0.15, 0.2) is 52.0 Å². The molecular weight excluding hydrogens is 492 g/mol. The summed E-state index contributed by atoms with van der Waals surface area (Å²) >= 11 is 23.8. The molecule has 0 radical (unpaired) electrons. The summed E-state index contributed by atoms with van der Waals surface area (Å²) in [5, 5.41) is 15.9. The Bertz CT molecular complexity index is 1180. The third-order valence-electron chi connectivity index (χ3n) is 3.76. The smallest absolute Gasteiger partial charge is 0.312 e. The molecule has 8 nitrogen and oxygen atoms in total. The Labute approximate surface area is 195 Å². The second kappa shape index (κ2) is 10.0. The summed E-state index contributed by atoms with van der Waals surface area (Å²) in [4.78, 5) is 22.2. The number of hydrazone groups is 1. The van der Waals surface area contributed by atoms with Crippen LogP contribution >= 0.6 is 46.4 Å². The van der Waals surface area contributed by atoms with Crippen LogP contribution in [0.2, 0.25) is 20.1 Å². The predicted molar refractivity (Wildman–Crippen MR) is 119 cm³/mol. The average Bonchev–Trinajstić information content (AvgIpc) is 3.18. The van der Waals surface area contributed by atoms with Crippen LogP contribution in [-0.2, 0) is 4.79 Å². The highest BCUT2D eigenvalue weighted by molar-refractivity contribution is 6.44. The fourth-order valence-corrected chi connectivity index (χ4v) is 3.18. The lowest BCUT2D eigenvalue weighted by atomic mass is 10.2. The molecule has 0 spiro atoms. The molecule has 0 unspecified atom stereocenters. The van der Waals surface area contributed by atoms with Gasteiger partial charge in [-0.05, 0) is 36.4 Å². The van der Waals surface area contributed by atoms with Crippen molar-refractivity contribution in [3.63, 3.8) is 0 Å². The second-order valence-corrected chi connectivity index (χ2v) is 7.56. The van der Waals surface area contributed by atoms with Gasteiger partial charge in [0.15, 0.2) is 12.4 Å². The number of rotatable bonds is 7. The number of benzene rings is 2. The minimum atomic E-state index is -0.661. The average molecular weight is 503 g/mol. The summed E-state index contributed by atoms with van der Waals surface area (Å²) in [6, 6.07) is 10.2. The van der Waals surface area contributed by atoms with Crippen molar-refractivity contribution in [2.45, 2.75) is 0 Å². The van der Waals surface area contributed by atoms with Crippen LogP contribution in [0.1, 0.15) is 5.76 Å². The van der Waals surface area contributed by atoms with Crippen LogP contribution in [-0.4, -0.2) is 23.7 Å². The molecule has 0 aliphatic rings. The van der Waals surface area contributed by atoms with E-state index in [4.69, 9.17) is 55.6 Å². The lowest BCUT2D eigenvalue weighted by Crippen LogP contribution is -2.24. The normalized spacial score (nSPS) is 11.0. The zero-order chi connectivity index (χ0) is 22.5. The summed E-state index contributed by atoms with van der Waals surface area (Å²) in [5.74, 6) is 0.0175. The van der Waals surface area contributed by atoms with Crippen molar-refractivity contribution in [3.05, 3.63) is 78.4 Å². The molecule has 2 aromatic carbocycles. The lowest BCUT2D eigenvalue weighted by molar-refractivity contribution is -0.385. The van der Waals surface area contributed by atoms with Crippen LogP contribution in [0.4, 0.5) is 5.69 Å².